The fourth-order valence-corrected chi connectivity index (χ4v) is 3.99. The minimum absolute atomic E-state index is 0.414. The van der Waals surface area contributed by atoms with Gasteiger partial charge in [0.2, 0.25) is 0 Å². The maximum atomic E-state index is 5.26. The summed E-state index contributed by atoms with van der Waals surface area (Å²) in [7, 11) is 3.05. The Kier molecular flexibility index (Phi) is 8.56. The highest BCUT2D eigenvalue weighted by Gasteiger charge is 2.41. The Labute approximate surface area is 178 Å². The Bertz CT molecular complexity index is 736. The highest BCUT2D eigenvalue weighted by atomic mass is 17.2. The summed E-state index contributed by atoms with van der Waals surface area (Å²) < 4.78 is 0. The van der Waals surface area contributed by atoms with Gasteiger partial charge >= 0.3 is 0 Å². The molecule has 0 unspecified atom stereocenters. The van der Waals surface area contributed by atoms with Crippen LogP contribution < -0.4 is 0 Å². The predicted octanol–water partition coefficient (Wildman–Crippen LogP) is 4.44. The van der Waals surface area contributed by atoms with E-state index in [2.05, 4.69) is 77.7 Å². The molecule has 158 valence electrons. The van der Waals surface area contributed by atoms with Crippen molar-refractivity contribution in [3.8, 4) is 0 Å². The maximum Gasteiger partial charge on any atom is 0.0974 e. The molecule has 3 aromatic carbocycles. The van der Waals surface area contributed by atoms with E-state index >= 15 is 0 Å². The number of hydrogen-bond acceptors (Lipinski definition) is 5. The van der Waals surface area contributed by atoms with Gasteiger partial charge in [0.05, 0.1) is 33.0 Å². The van der Waals surface area contributed by atoms with Crippen LogP contribution in [0.2, 0.25) is 0 Å². The van der Waals surface area contributed by atoms with E-state index in [-0.39, 0.29) is 0 Å². The minimum atomic E-state index is -0.544. The van der Waals surface area contributed by atoms with Gasteiger partial charge < -0.3 is 0 Å². The van der Waals surface area contributed by atoms with E-state index in [1.165, 1.54) is 14.2 Å². The van der Waals surface area contributed by atoms with Crippen LogP contribution in [0.1, 0.15) is 16.7 Å². The van der Waals surface area contributed by atoms with Gasteiger partial charge in [0, 0.05) is 13.1 Å². The van der Waals surface area contributed by atoms with E-state index < -0.39 is 5.54 Å². The SMILES string of the molecule is COOCCN(CCOOC)C(c1ccccc1)(c1ccccc1)c1ccccc1. The van der Waals surface area contributed by atoms with Crippen LogP contribution in [-0.2, 0) is 25.1 Å². The quantitative estimate of drug-likeness (QED) is 0.192. The predicted molar refractivity (Wildman–Crippen MR) is 117 cm³/mol. The first kappa shape index (κ1) is 22.2. The molecule has 0 atom stereocenters. The molecule has 3 aromatic rings. The van der Waals surface area contributed by atoms with Gasteiger partial charge in [0.25, 0.3) is 0 Å². The first-order chi connectivity index (χ1) is 14.8. The Morgan fingerprint density at radius 2 is 0.900 bits per heavy atom. The highest BCUT2D eigenvalue weighted by molar-refractivity contribution is 5.49. The molecular formula is C25H29NO4. The summed E-state index contributed by atoms with van der Waals surface area (Å²) in [5.41, 5.74) is 2.95. The number of nitrogens with zero attached hydrogens (tertiary/aromatic N) is 1. The van der Waals surface area contributed by atoms with Crippen molar-refractivity contribution >= 4 is 0 Å². The van der Waals surface area contributed by atoms with Crippen molar-refractivity contribution in [1.82, 2.24) is 4.90 Å². The van der Waals surface area contributed by atoms with Crippen molar-refractivity contribution in [2.24, 2.45) is 0 Å². The smallest absolute Gasteiger partial charge is 0.0974 e. The molecule has 3 rings (SSSR count). The maximum absolute atomic E-state index is 5.26. The van der Waals surface area contributed by atoms with E-state index in [4.69, 9.17) is 19.6 Å². The van der Waals surface area contributed by atoms with Crippen LogP contribution in [0.25, 0.3) is 0 Å². The summed E-state index contributed by atoms with van der Waals surface area (Å²) >= 11 is 0. The normalized spacial score (nSPS) is 11.7. The van der Waals surface area contributed by atoms with Gasteiger partial charge in [-0.2, -0.15) is 0 Å². The Hall–Kier alpha value is -2.54. The summed E-state index contributed by atoms with van der Waals surface area (Å²) in [4.78, 5) is 22.6. The van der Waals surface area contributed by atoms with E-state index in [0.717, 1.165) is 16.7 Å². The van der Waals surface area contributed by atoms with E-state index in [0.29, 0.717) is 26.3 Å². The van der Waals surface area contributed by atoms with Crippen LogP contribution in [0.4, 0.5) is 0 Å². The average molecular weight is 408 g/mol. The molecule has 0 aliphatic carbocycles. The van der Waals surface area contributed by atoms with Crippen molar-refractivity contribution < 1.29 is 19.6 Å². The fourth-order valence-electron chi connectivity index (χ4n) is 3.99. The number of hydrogen-bond donors (Lipinski definition) is 0. The van der Waals surface area contributed by atoms with Crippen LogP contribution in [-0.4, -0.2) is 45.4 Å². The molecule has 0 aliphatic rings. The highest BCUT2D eigenvalue weighted by Crippen LogP contribution is 2.42. The summed E-state index contributed by atoms with van der Waals surface area (Å²) in [5.74, 6) is 0. The molecule has 0 amide bonds. The van der Waals surface area contributed by atoms with Gasteiger partial charge in [-0.05, 0) is 16.7 Å². The molecule has 0 spiro atoms. The number of rotatable bonds is 12. The van der Waals surface area contributed by atoms with Gasteiger partial charge in [-0.25, -0.2) is 19.6 Å². The largest absolute Gasteiger partial charge is 0.281 e. The van der Waals surface area contributed by atoms with Crippen molar-refractivity contribution in [2.75, 3.05) is 40.5 Å². The average Bonchev–Trinajstić information content (AvgIpc) is 2.82. The second kappa shape index (κ2) is 11.6. The molecule has 0 N–H and O–H groups in total. The summed E-state index contributed by atoms with van der Waals surface area (Å²) in [6, 6.07) is 31.6. The third kappa shape index (κ3) is 4.95. The first-order valence-electron chi connectivity index (χ1n) is 10.1. The van der Waals surface area contributed by atoms with Crippen LogP contribution >= 0.6 is 0 Å². The van der Waals surface area contributed by atoms with Gasteiger partial charge in [-0.3, -0.25) is 4.90 Å². The van der Waals surface area contributed by atoms with E-state index in [9.17, 15) is 0 Å². The molecule has 0 heterocycles. The van der Waals surface area contributed by atoms with E-state index in [1.54, 1.807) is 0 Å². The minimum Gasteiger partial charge on any atom is -0.281 e. The van der Waals surface area contributed by atoms with Crippen LogP contribution in [0.3, 0.4) is 0 Å². The lowest BCUT2D eigenvalue weighted by atomic mass is 9.75. The van der Waals surface area contributed by atoms with Gasteiger partial charge in [-0.1, -0.05) is 91.0 Å². The first-order valence-corrected chi connectivity index (χ1v) is 10.1. The zero-order valence-electron chi connectivity index (χ0n) is 17.6. The molecule has 0 saturated carbocycles. The van der Waals surface area contributed by atoms with Gasteiger partial charge in [-0.15, -0.1) is 0 Å². The second-order valence-electron chi connectivity index (χ2n) is 6.77. The Morgan fingerprint density at radius 3 is 1.20 bits per heavy atom. The number of benzene rings is 3. The molecular weight excluding hydrogens is 378 g/mol. The fraction of sp³-hybridized carbons (Fsp3) is 0.280. The molecule has 0 aliphatic heterocycles. The van der Waals surface area contributed by atoms with Crippen molar-refractivity contribution in [3.63, 3.8) is 0 Å². The third-order valence-corrected chi connectivity index (χ3v) is 5.17. The van der Waals surface area contributed by atoms with Crippen LogP contribution in [0.5, 0.6) is 0 Å². The lowest BCUT2D eigenvalue weighted by molar-refractivity contribution is -0.282. The Morgan fingerprint density at radius 1 is 0.567 bits per heavy atom. The zero-order chi connectivity index (χ0) is 21.1. The lowest BCUT2D eigenvalue weighted by Gasteiger charge is -2.45. The van der Waals surface area contributed by atoms with E-state index in [1.807, 2.05) is 18.2 Å². The lowest BCUT2D eigenvalue weighted by Crippen LogP contribution is -2.50. The van der Waals surface area contributed by atoms with Gasteiger partial charge in [0.1, 0.15) is 0 Å². The molecule has 30 heavy (non-hydrogen) atoms. The van der Waals surface area contributed by atoms with Crippen molar-refractivity contribution in [2.45, 2.75) is 5.54 Å². The Balaban J connectivity index is 2.21. The topological polar surface area (TPSA) is 40.2 Å². The molecule has 0 aromatic heterocycles. The summed E-state index contributed by atoms with van der Waals surface area (Å²) in [6.07, 6.45) is 0. The van der Waals surface area contributed by atoms with Crippen LogP contribution in [0.15, 0.2) is 91.0 Å². The van der Waals surface area contributed by atoms with Crippen molar-refractivity contribution in [1.29, 1.82) is 0 Å². The molecule has 0 saturated heterocycles. The molecule has 5 nitrogen and oxygen atoms in total. The molecule has 5 heteroatoms. The van der Waals surface area contributed by atoms with Crippen molar-refractivity contribution in [3.05, 3.63) is 108 Å². The molecule has 0 bridgehead atoms. The summed E-state index contributed by atoms with van der Waals surface area (Å²) in [6.45, 7) is 2.08. The zero-order valence-corrected chi connectivity index (χ0v) is 17.6. The third-order valence-electron chi connectivity index (χ3n) is 5.17. The second-order valence-corrected chi connectivity index (χ2v) is 6.77. The standard InChI is InChI=1S/C25H29NO4/c1-27-29-20-18-26(19-21-30-28-2)25(22-12-6-3-7-13-22,23-14-8-4-9-15-23)24-16-10-5-11-17-24/h3-17H,18-21H2,1-2H3. The molecule has 0 radical (unpaired) electrons. The monoisotopic (exact) mass is 407 g/mol. The summed E-state index contributed by atoms with van der Waals surface area (Å²) in [5, 5.41) is 0. The van der Waals surface area contributed by atoms with Crippen LogP contribution in [0, 0.1) is 0 Å². The van der Waals surface area contributed by atoms with Gasteiger partial charge in [0.15, 0.2) is 0 Å². The molecule has 0 fully saturated rings.